The van der Waals surface area contributed by atoms with E-state index in [2.05, 4.69) is 46.5 Å². The maximum absolute atomic E-state index is 5.81. The fourth-order valence-corrected chi connectivity index (χ4v) is 3.63. The molecule has 0 saturated carbocycles. The van der Waals surface area contributed by atoms with Crippen LogP contribution in [-0.2, 0) is 13.2 Å². The lowest BCUT2D eigenvalue weighted by molar-refractivity contribution is 0.206. The summed E-state index contributed by atoms with van der Waals surface area (Å²) in [6, 6.07) is 14.5. The van der Waals surface area contributed by atoms with Crippen molar-refractivity contribution in [3.8, 4) is 5.75 Å². The first kappa shape index (κ1) is 22.1. The van der Waals surface area contributed by atoms with E-state index in [0.29, 0.717) is 19.2 Å². The highest BCUT2D eigenvalue weighted by Crippen LogP contribution is 2.15. The van der Waals surface area contributed by atoms with Crippen molar-refractivity contribution >= 4 is 5.96 Å². The maximum Gasteiger partial charge on any atom is 0.191 e. The number of aliphatic imine (C=N–C) groups is 1. The van der Waals surface area contributed by atoms with Gasteiger partial charge in [-0.1, -0.05) is 25.1 Å². The second kappa shape index (κ2) is 12.2. The Morgan fingerprint density at radius 3 is 2.60 bits per heavy atom. The van der Waals surface area contributed by atoms with Crippen molar-refractivity contribution in [3.63, 3.8) is 0 Å². The van der Waals surface area contributed by atoms with Crippen molar-refractivity contribution in [2.75, 3.05) is 26.2 Å². The lowest BCUT2D eigenvalue weighted by Gasteiger charge is -2.32. The molecule has 1 aromatic carbocycles. The normalized spacial score (nSPS) is 15.7. The van der Waals surface area contributed by atoms with Gasteiger partial charge in [0, 0.05) is 31.9 Å². The second-order valence-corrected chi connectivity index (χ2v) is 7.71. The van der Waals surface area contributed by atoms with Gasteiger partial charge in [0.1, 0.15) is 12.4 Å². The Labute approximate surface area is 180 Å². The quantitative estimate of drug-likeness (QED) is 0.490. The van der Waals surface area contributed by atoms with Crippen LogP contribution in [0.2, 0.25) is 0 Å². The van der Waals surface area contributed by atoms with E-state index in [1.54, 1.807) is 6.20 Å². The molecule has 6 heteroatoms. The fourth-order valence-electron chi connectivity index (χ4n) is 3.63. The van der Waals surface area contributed by atoms with Gasteiger partial charge in [-0.05, 0) is 62.6 Å². The number of pyridine rings is 1. The number of aromatic nitrogens is 1. The number of hydrogen-bond donors (Lipinski definition) is 2. The molecule has 0 unspecified atom stereocenters. The molecule has 0 radical (unpaired) electrons. The van der Waals surface area contributed by atoms with E-state index >= 15 is 0 Å². The van der Waals surface area contributed by atoms with Gasteiger partial charge in [-0.2, -0.15) is 0 Å². The van der Waals surface area contributed by atoms with Gasteiger partial charge in [-0.25, -0.2) is 4.99 Å². The molecule has 1 aliphatic heterocycles. The monoisotopic (exact) mass is 409 g/mol. The number of hydrogen-bond acceptors (Lipinski definition) is 4. The van der Waals surface area contributed by atoms with Gasteiger partial charge in [0.2, 0.25) is 0 Å². The lowest BCUT2D eigenvalue weighted by Crippen LogP contribution is -2.48. The topological polar surface area (TPSA) is 61.8 Å². The molecule has 1 aliphatic rings. The summed E-state index contributed by atoms with van der Waals surface area (Å²) in [7, 11) is 0. The van der Waals surface area contributed by atoms with Gasteiger partial charge in [0.25, 0.3) is 0 Å². The molecule has 2 aromatic rings. The Bertz CT molecular complexity index is 755. The van der Waals surface area contributed by atoms with Gasteiger partial charge in [-0.15, -0.1) is 0 Å². The molecular formula is C24H35N5O. The zero-order valence-corrected chi connectivity index (χ0v) is 18.3. The molecule has 3 rings (SSSR count). The van der Waals surface area contributed by atoms with Crippen LogP contribution in [-0.4, -0.2) is 48.1 Å². The predicted octanol–water partition coefficient (Wildman–Crippen LogP) is 3.59. The van der Waals surface area contributed by atoms with E-state index in [4.69, 9.17) is 9.73 Å². The lowest BCUT2D eigenvalue weighted by atomic mass is 10.1. The van der Waals surface area contributed by atoms with Crippen LogP contribution in [0.1, 0.15) is 44.4 Å². The van der Waals surface area contributed by atoms with Crippen LogP contribution >= 0.6 is 0 Å². The highest BCUT2D eigenvalue weighted by Gasteiger charge is 2.19. The van der Waals surface area contributed by atoms with Crippen LogP contribution in [0.25, 0.3) is 0 Å². The van der Waals surface area contributed by atoms with Crippen LogP contribution in [0.5, 0.6) is 5.75 Å². The van der Waals surface area contributed by atoms with Crippen molar-refractivity contribution in [2.45, 2.75) is 52.3 Å². The third-order valence-electron chi connectivity index (χ3n) is 5.27. The van der Waals surface area contributed by atoms with Crippen molar-refractivity contribution in [1.29, 1.82) is 0 Å². The summed E-state index contributed by atoms with van der Waals surface area (Å²) in [6.07, 6.45) is 5.36. The molecule has 1 saturated heterocycles. The third kappa shape index (κ3) is 7.34. The number of likely N-dealkylation sites (tertiary alicyclic amines) is 1. The number of nitrogens with zero attached hydrogens (tertiary/aromatic N) is 3. The molecule has 30 heavy (non-hydrogen) atoms. The van der Waals surface area contributed by atoms with E-state index in [1.165, 1.54) is 38.9 Å². The summed E-state index contributed by atoms with van der Waals surface area (Å²) >= 11 is 0. The SMILES string of the molecule is CCCN1CCC(NC(=NCc2ccc(OCc3ccccn3)cc2)NCC)CC1. The second-order valence-electron chi connectivity index (χ2n) is 7.71. The van der Waals surface area contributed by atoms with E-state index in [1.807, 2.05) is 30.3 Å². The standard InChI is InChI=1S/C24H35N5O/c1-3-15-29-16-12-21(13-17-29)28-24(25-4-2)27-18-20-8-10-23(11-9-20)30-19-22-7-5-6-14-26-22/h5-11,14,21H,3-4,12-13,15-19H2,1-2H3,(H2,25,27,28). The summed E-state index contributed by atoms with van der Waals surface area (Å²) in [4.78, 5) is 11.6. The maximum atomic E-state index is 5.81. The van der Waals surface area contributed by atoms with Crippen LogP contribution in [0.3, 0.4) is 0 Å². The molecule has 0 amide bonds. The average Bonchev–Trinajstić information content (AvgIpc) is 2.79. The Morgan fingerprint density at radius 1 is 1.13 bits per heavy atom. The molecule has 162 valence electrons. The minimum absolute atomic E-state index is 0.476. The highest BCUT2D eigenvalue weighted by molar-refractivity contribution is 5.80. The number of nitrogens with one attached hydrogen (secondary N) is 2. The Kier molecular flexibility index (Phi) is 8.97. The van der Waals surface area contributed by atoms with E-state index in [0.717, 1.165) is 29.5 Å². The van der Waals surface area contributed by atoms with E-state index in [9.17, 15) is 0 Å². The number of benzene rings is 1. The summed E-state index contributed by atoms with van der Waals surface area (Å²) in [6.45, 7) is 9.89. The smallest absolute Gasteiger partial charge is 0.191 e. The third-order valence-corrected chi connectivity index (χ3v) is 5.27. The van der Waals surface area contributed by atoms with Gasteiger partial charge in [0.05, 0.1) is 12.2 Å². The molecule has 2 N–H and O–H groups in total. The largest absolute Gasteiger partial charge is 0.487 e. The van der Waals surface area contributed by atoms with Gasteiger partial charge in [-0.3, -0.25) is 4.98 Å². The Hall–Kier alpha value is -2.60. The predicted molar refractivity (Wildman–Crippen MR) is 123 cm³/mol. The Balaban J connectivity index is 1.48. The molecule has 6 nitrogen and oxygen atoms in total. The zero-order chi connectivity index (χ0) is 21.0. The number of piperidine rings is 1. The molecule has 1 fully saturated rings. The summed E-state index contributed by atoms with van der Waals surface area (Å²) < 4.78 is 5.81. The van der Waals surface area contributed by atoms with Gasteiger partial charge >= 0.3 is 0 Å². The molecular weight excluding hydrogens is 374 g/mol. The zero-order valence-electron chi connectivity index (χ0n) is 18.3. The van der Waals surface area contributed by atoms with Crippen molar-refractivity contribution in [1.82, 2.24) is 20.5 Å². The van der Waals surface area contributed by atoms with Crippen LogP contribution in [0.15, 0.2) is 53.7 Å². The Morgan fingerprint density at radius 2 is 1.93 bits per heavy atom. The van der Waals surface area contributed by atoms with E-state index in [-0.39, 0.29) is 0 Å². The highest BCUT2D eigenvalue weighted by atomic mass is 16.5. The van der Waals surface area contributed by atoms with Crippen molar-refractivity contribution in [3.05, 3.63) is 59.9 Å². The first-order valence-corrected chi connectivity index (χ1v) is 11.2. The van der Waals surface area contributed by atoms with Crippen LogP contribution < -0.4 is 15.4 Å². The molecule has 2 heterocycles. The summed E-state index contributed by atoms with van der Waals surface area (Å²) in [5.74, 6) is 1.75. The van der Waals surface area contributed by atoms with Gasteiger partial charge < -0.3 is 20.3 Å². The first-order chi connectivity index (χ1) is 14.8. The average molecular weight is 410 g/mol. The summed E-state index contributed by atoms with van der Waals surface area (Å²) in [5.41, 5.74) is 2.09. The minimum Gasteiger partial charge on any atom is -0.487 e. The minimum atomic E-state index is 0.476. The number of rotatable bonds is 9. The fraction of sp³-hybridized carbons (Fsp3) is 0.500. The molecule has 1 aromatic heterocycles. The molecule has 0 bridgehead atoms. The number of ether oxygens (including phenoxy) is 1. The number of guanidine groups is 1. The molecule has 0 atom stereocenters. The molecule has 0 spiro atoms. The summed E-state index contributed by atoms with van der Waals surface area (Å²) in [5, 5.41) is 7.00. The van der Waals surface area contributed by atoms with Crippen molar-refractivity contribution in [2.24, 2.45) is 4.99 Å². The van der Waals surface area contributed by atoms with Crippen LogP contribution in [0, 0.1) is 0 Å². The van der Waals surface area contributed by atoms with E-state index < -0.39 is 0 Å². The van der Waals surface area contributed by atoms with Crippen molar-refractivity contribution < 1.29 is 4.74 Å². The first-order valence-electron chi connectivity index (χ1n) is 11.2. The van der Waals surface area contributed by atoms with Crippen LogP contribution in [0.4, 0.5) is 0 Å². The van der Waals surface area contributed by atoms with Gasteiger partial charge in [0.15, 0.2) is 5.96 Å². The molecule has 0 aliphatic carbocycles.